The van der Waals surface area contributed by atoms with Crippen LogP contribution in [0.5, 0.6) is 17.4 Å². The first-order valence-corrected chi connectivity index (χ1v) is 11.0. The third kappa shape index (κ3) is 3.48. The number of aromatic hydroxyl groups is 1. The van der Waals surface area contributed by atoms with E-state index in [0.29, 0.717) is 16.8 Å². The SMILES string of the molecule is CC(C)(C(=O)Nc1nncs1)[C@@H]1c2ccccc2Oc2nc(-c3ccc(O)cc3)ccc21. The molecule has 0 fully saturated rings. The van der Waals surface area contributed by atoms with Crippen molar-refractivity contribution in [1.29, 1.82) is 0 Å². The fraction of sp³-hybridized carbons (Fsp3) is 0.167. The maximum atomic E-state index is 13.3. The number of benzene rings is 2. The molecule has 2 N–H and O–H groups in total. The molecule has 2 aromatic heterocycles. The van der Waals surface area contributed by atoms with Crippen molar-refractivity contribution in [3.8, 4) is 28.6 Å². The smallest absolute Gasteiger partial charge is 0.232 e. The molecule has 0 bridgehead atoms. The van der Waals surface area contributed by atoms with Gasteiger partial charge in [0.25, 0.3) is 0 Å². The number of rotatable bonds is 4. The van der Waals surface area contributed by atoms with Crippen molar-refractivity contribution >= 4 is 22.4 Å². The standard InChI is InChI=1S/C24H20N4O3S/c1-24(2,22(30)27-23-28-25-13-32-23)20-16-5-3-4-6-19(16)31-21-17(20)11-12-18(26-21)14-7-9-15(29)10-8-14/h3-13,20,29H,1-2H3,(H,27,28,30)/t20-/m1/s1. The lowest BCUT2D eigenvalue weighted by Gasteiger charge is -2.37. The number of hydrogen-bond acceptors (Lipinski definition) is 7. The number of carbonyl (C=O) groups excluding carboxylic acids is 1. The lowest BCUT2D eigenvalue weighted by atomic mass is 9.69. The molecular weight excluding hydrogens is 424 g/mol. The molecule has 3 heterocycles. The minimum atomic E-state index is -0.831. The van der Waals surface area contributed by atoms with Crippen molar-refractivity contribution < 1.29 is 14.6 Å². The first-order valence-electron chi connectivity index (χ1n) is 10.1. The summed E-state index contributed by atoms with van der Waals surface area (Å²) in [6.45, 7) is 3.82. The number of fused-ring (bicyclic) bond motifs is 2. The van der Waals surface area contributed by atoms with Gasteiger partial charge in [-0.2, -0.15) is 0 Å². The average Bonchev–Trinajstić information content (AvgIpc) is 3.30. The number of phenols is 1. The second kappa shape index (κ2) is 7.72. The summed E-state index contributed by atoms with van der Waals surface area (Å²) < 4.78 is 6.16. The van der Waals surface area contributed by atoms with Crippen LogP contribution in [-0.2, 0) is 4.79 Å². The van der Waals surface area contributed by atoms with Crippen molar-refractivity contribution in [1.82, 2.24) is 15.2 Å². The highest BCUT2D eigenvalue weighted by molar-refractivity contribution is 7.13. The molecule has 0 saturated heterocycles. The van der Waals surface area contributed by atoms with E-state index in [1.54, 1.807) is 29.8 Å². The second-order valence-corrected chi connectivity index (χ2v) is 8.96. The number of nitrogens with one attached hydrogen (secondary N) is 1. The number of carbonyl (C=O) groups is 1. The Balaban J connectivity index is 1.58. The quantitative estimate of drug-likeness (QED) is 0.449. The Labute approximate surface area is 188 Å². The highest BCUT2D eigenvalue weighted by Gasteiger charge is 2.44. The van der Waals surface area contributed by atoms with Gasteiger partial charge in [-0.25, -0.2) is 4.98 Å². The molecule has 2 aromatic carbocycles. The third-order valence-electron chi connectivity index (χ3n) is 5.69. The first kappa shape index (κ1) is 20.1. The van der Waals surface area contributed by atoms with Crippen LogP contribution in [0.4, 0.5) is 5.13 Å². The summed E-state index contributed by atoms with van der Waals surface area (Å²) in [6, 6.07) is 18.4. The van der Waals surface area contributed by atoms with E-state index in [1.165, 1.54) is 11.3 Å². The summed E-state index contributed by atoms with van der Waals surface area (Å²) in [6.07, 6.45) is 0. The highest BCUT2D eigenvalue weighted by atomic mass is 32.1. The van der Waals surface area contributed by atoms with Crippen LogP contribution in [-0.4, -0.2) is 26.2 Å². The van der Waals surface area contributed by atoms with Gasteiger partial charge in [0.1, 0.15) is 17.0 Å². The number of amides is 1. The van der Waals surface area contributed by atoms with Crippen molar-refractivity contribution in [3.63, 3.8) is 0 Å². The molecule has 1 aliphatic rings. The molecule has 0 radical (unpaired) electrons. The fourth-order valence-corrected chi connectivity index (χ4v) is 4.46. The molecule has 0 unspecified atom stereocenters. The van der Waals surface area contributed by atoms with Crippen LogP contribution in [0.15, 0.2) is 66.2 Å². The summed E-state index contributed by atoms with van der Waals surface area (Å²) in [5.41, 5.74) is 4.09. The maximum absolute atomic E-state index is 13.3. The number of pyridine rings is 1. The molecule has 4 aromatic rings. The van der Waals surface area contributed by atoms with Gasteiger partial charge in [-0.15, -0.1) is 10.2 Å². The van der Waals surface area contributed by atoms with Crippen LogP contribution < -0.4 is 10.1 Å². The number of hydrogen-bond donors (Lipinski definition) is 2. The summed E-state index contributed by atoms with van der Waals surface area (Å²) in [4.78, 5) is 18.1. The van der Waals surface area contributed by atoms with Crippen molar-refractivity contribution in [2.75, 3.05) is 5.32 Å². The molecule has 0 aliphatic carbocycles. The van der Waals surface area contributed by atoms with E-state index in [1.807, 2.05) is 50.2 Å². The van der Waals surface area contributed by atoms with Crippen LogP contribution in [0, 0.1) is 5.41 Å². The molecule has 32 heavy (non-hydrogen) atoms. The van der Waals surface area contributed by atoms with E-state index < -0.39 is 5.41 Å². The molecular formula is C24H20N4O3S. The Bertz CT molecular complexity index is 1290. The van der Waals surface area contributed by atoms with Crippen LogP contribution in [0.2, 0.25) is 0 Å². The monoisotopic (exact) mass is 444 g/mol. The number of aromatic nitrogens is 3. The number of nitrogens with zero attached hydrogens (tertiary/aromatic N) is 3. The Hall–Kier alpha value is -3.78. The van der Waals surface area contributed by atoms with Gasteiger partial charge in [0, 0.05) is 22.6 Å². The number of phenolic OH excluding ortho intramolecular Hbond substituents is 1. The Morgan fingerprint density at radius 1 is 1.06 bits per heavy atom. The predicted molar refractivity (Wildman–Crippen MR) is 122 cm³/mol. The van der Waals surface area contributed by atoms with Gasteiger partial charge in [0.15, 0.2) is 0 Å². The summed E-state index contributed by atoms with van der Waals surface area (Å²) in [5, 5.41) is 20.7. The lowest BCUT2D eigenvalue weighted by Crippen LogP contribution is -2.38. The number of para-hydroxylation sites is 1. The Kier molecular flexibility index (Phi) is 4.86. The van der Waals surface area contributed by atoms with Gasteiger partial charge in [0.05, 0.1) is 11.1 Å². The van der Waals surface area contributed by atoms with Crippen LogP contribution in [0.25, 0.3) is 11.3 Å². The lowest BCUT2D eigenvalue weighted by molar-refractivity contribution is -0.124. The van der Waals surface area contributed by atoms with Crippen LogP contribution in [0.3, 0.4) is 0 Å². The van der Waals surface area contributed by atoms with E-state index >= 15 is 0 Å². The van der Waals surface area contributed by atoms with E-state index in [9.17, 15) is 9.90 Å². The second-order valence-electron chi connectivity index (χ2n) is 8.13. The van der Waals surface area contributed by atoms with Gasteiger partial charge in [-0.1, -0.05) is 49.4 Å². The van der Waals surface area contributed by atoms with Crippen molar-refractivity contribution in [3.05, 3.63) is 77.3 Å². The normalized spacial score (nSPS) is 14.8. The maximum Gasteiger partial charge on any atom is 0.232 e. The molecule has 8 heteroatoms. The van der Waals surface area contributed by atoms with E-state index in [-0.39, 0.29) is 17.6 Å². The topological polar surface area (TPSA) is 97.2 Å². The molecule has 0 spiro atoms. The van der Waals surface area contributed by atoms with Gasteiger partial charge in [-0.3, -0.25) is 4.79 Å². The largest absolute Gasteiger partial charge is 0.508 e. The van der Waals surface area contributed by atoms with Gasteiger partial charge < -0.3 is 15.2 Å². The van der Waals surface area contributed by atoms with Gasteiger partial charge in [0.2, 0.25) is 16.9 Å². The Morgan fingerprint density at radius 2 is 1.84 bits per heavy atom. The Morgan fingerprint density at radius 3 is 2.59 bits per heavy atom. The zero-order valence-corrected chi connectivity index (χ0v) is 18.3. The molecule has 1 aliphatic heterocycles. The minimum absolute atomic E-state index is 0.162. The van der Waals surface area contributed by atoms with E-state index in [2.05, 4.69) is 15.5 Å². The fourth-order valence-electron chi connectivity index (χ4n) is 4.02. The zero-order valence-electron chi connectivity index (χ0n) is 17.4. The zero-order chi connectivity index (χ0) is 22.3. The molecule has 1 atom stereocenters. The predicted octanol–water partition coefficient (Wildman–Crippen LogP) is 5.21. The molecule has 0 saturated carbocycles. The molecule has 5 rings (SSSR count). The minimum Gasteiger partial charge on any atom is -0.508 e. The van der Waals surface area contributed by atoms with Crippen LogP contribution in [0.1, 0.15) is 30.9 Å². The first-order chi connectivity index (χ1) is 15.4. The molecule has 160 valence electrons. The van der Waals surface area contributed by atoms with Crippen molar-refractivity contribution in [2.45, 2.75) is 19.8 Å². The van der Waals surface area contributed by atoms with E-state index in [0.717, 1.165) is 22.4 Å². The molecule has 1 amide bonds. The van der Waals surface area contributed by atoms with Crippen molar-refractivity contribution in [2.24, 2.45) is 5.41 Å². The number of anilines is 1. The summed E-state index contributed by atoms with van der Waals surface area (Å²) >= 11 is 1.28. The average molecular weight is 445 g/mol. The van der Waals surface area contributed by atoms with Gasteiger partial charge >= 0.3 is 0 Å². The van der Waals surface area contributed by atoms with E-state index in [4.69, 9.17) is 9.72 Å². The van der Waals surface area contributed by atoms with Gasteiger partial charge in [-0.05, 0) is 36.4 Å². The number of ether oxygens (including phenoxy) is 1. The van der Waals surface area contributed by atoms with Crippen LogP contribution >= 0.6 is 11.3 Å². The highest BCUT2D eigenvalue weighted by Crippen LogP contribution is 2.52. The summed E-state index contributed by atoms with van der Waals surface area (Å²) in [5.74, 6) is 0.898. The summed E-state index contributed by atoms with van der Waals surface area (Å²) in [7, 11) is 0. The third-order valence-corrected chi connectivity index (χ3v) is 6.29. The molecule has 7 nitrogen and oxygen atoms in total.